The van der Waals surface area contributed by atoms with Gasteiger partial charge in [0.15, 0.2) is 0 Å². The van der Waals surface area contributed by atoms with Crippen LogP contribution in [0.25, 0.3) is 0 Å². The molecule has 2 unspecified atom stereocenters. The number of carbonyl (C=O) groups is 6. The molecule has 4 N–H and O–H groups in total. The lowest BCUT2D eigenvalue weighted by Gasteiger charge is -2.37. The van der Waals surface area contributed by atoms with Crippen molar-refractivity contribution < 1.29 is 33.5 Å². The Morgan fingerprint density at radius 3 is 2.02 bits per heavy atom. The highest BCUT2D eigenvalue weighted by molar-refractivity contribution is 6.38. The SMILES string of the molecule is C=CCNC(=O)C(=O)C(CCCC)NC(=O)[C@@H]1C(C(C)C)CCN1C(=O)[C@@H](NC(=O)N[C@H](C(=O)OC(C1CC1)C1CC1)C(C)C)C(C)(C)C. The molecule has 3 rings (SSSR count). The molecule has 5 atom stereocenters. The van der Waals surface area contributed by atoms with Crippen molar-refractivity contribution in [3.63, 3.8) is 0 Å². The van der Waals surface area contributed by atoms with Gasteiger partial charge in [-0.15, -0.1) is 6.58 Å². The Bertz CT molecular complexity index is 1210. The van der Waals surface area contributed by atoms with Crippen LogP contribution >= 0.6 is 0 Å². The lowest BCUT2D eigenvalue weighted by atomic mass is 9.84. The molecule has 2 saturated carbocycles. The second-order valence-corrected chi connectivity index (χ2v) is 16.0. The van der Waals surface area contributed by atoms with Crippen molar-refractivity contribution in [3.8, 4) is 0 Å². The van der Waals surface area contributed by atoms with E-state index in [2.05, 4.69) is 27.8 Å². The van der Waals surface area contributed by atoms with Crippen molar-refractivity contribution in [1.29, 1.82) is 0 Å². The third-order valence-electron chi connectivity index (χ3n) is 9.98. The minimum Gasteiger partial charge on any atom is -0.460 e. The second kappa shape index (κ2) is 17.5. The van der Waals surface area contributed by atoms with Crippen LogP contribution in [0.5, 0.6) is 0 Å². The number of urea groups is 1. The van der Waals surface area contributed by atoms with Crippen molar-refractivity contribution in [1.82, 2.24) is 26.2 Å². The Labute approximate surface area is 292 Å². The number of ketones is 1. The molecule has 3 fully saturated rings. The molecule has 0 bridgehead atoms. The third-order valence-corrected chi connectivity index (χ3v) is 9.98. The molecular formula is C37H61N5O7. The van der Waals surface area contributed by atoms with Gasteiger partial charge in [-0.25, -0.2) is 9.59 Å². The van der Waals surface area contributed by atoms with Gasteiger partial charge >= 0.3 is 12.0 Å². The molecule has 1 aliphatic heterocycles. The smallest absolute Gasteiger partial charge is 0.329 e. The molecule has 49 heavy (non-hydrogen) atoms. The molecule has 276 valence electrons. The quantitative estimate of drug-likeness (QED) is 0.0966. The monoisotopic (exact) mass is 687 g/mol. The summed E-state index contributed by atoms with van der Waals surface area (Å²) in [5.41, 5.74) is -0.759. The number of esters is 1. The van der Waals surface area contributed by atoms with E-state index >= 15 is 0 Å². The van der Waals surface area contributed by atoms with Crippen LogP contribution in [0.15, 0.2) is 12.7 Å². The highest BCUT2D eigenvalue weighted by Gasteiger charge is 2.48. The maximum Gasteiger partial charge on any atom is 0.329 e. The van der Waals surface area contributed by atoms with E-state index in [-0.39, 0.29) is 43.4 Å². The fourth-order valence-electron chi connectivity index (χ4n) is 6.70. The first-order chi connectivity index (χ1) is 23.0. The van der Waals surface area contributed by atoms with Crippen LogP contribution in [-0.4, -0.2) is 83.8 Å². The van der Waals surface area contributed by atoms with Gasteiger partial charge in [0.2, 0.25) is 17.6 Å². The largest absolute Gasteiger partial charge is 0.460 e. The third kappa shape index (κ3) is 11.0. The molecule has 12 heteroatoms. The summed E-state index contributed by atoms with van der Waals surface area (Å²) in [7, 11) is 0. The highest BCUT2D eigenvalue weighted by Crippen LogP contribution is 2.46. The lowest BCUT2D eigenvalue weighted by Crippen LogP contribution is -2.62. The molecule has 0 aromatic heterocycles. The number of hydrogen-bond acceptors (Lipinski definition) is 7. The van der Waals surface area contributed by atoms with Gasteiger partial charge in [0.1, 0.15) is 24.2 Å². The summed E-state index contributed by atoms with van der Waals surface area (Å²) in [5, 5.41) is 10.9. The Kier molecular flexibility index (Phi) is 14.3. The Morgan fingerprint density at radius 2 is 1.53 bits per heavy atom. The number of likely N-dealkylation sites (tertiary alicyclic amines) is 1. The zero-order chi connectivity index (χ0) is 36.6. The molecule has 5 amide bonds. The van der Waals surface area contributed by atoms with E-state index in [0.29, 0.717) is 24.7 Å². The summed E-state index contributed by atoms with van der Waals surface area (Å²) in [4.78, 5) is 82.3. The van der Waals surface area contributed by atoms with Crippen LogP contribution in [0.4, 0.5) is 4.79 Å². The maximum absolute atomic E-state index is 14.4. The molecule has 3 aliphatic rings. The first-order valence-electron chi connectivity index (χ1n) is 18.3. The molecular weight excluding hydrogens is 626 g/mol. The first kappa shape index (κ1) is 40.0. The molecule has 1 saturated heterocycles. The van der Waals surface area contributed by atoms with E-state index in [1.807, 2.05) is 55.4 Å². The highest BCUT2D eigenvalue weighted by atomic mass is 16.5. The minimum absolute atomic E-state index is 0.0338. The van der Waals surface area contributed by atoms with E-state index in [9.17, 15) is 28.8 Å². The maximum atomic E-state index is 14.4. The number of rotatable bonds is 18. The standard InChI is InChI=1S/C37H61N5O7/c1-10-12-13-26(29(43)33(45)38-19-11-2)39-32(44)28-25(21(3)4)18-20-42(28)34(46)31(37(7,8)9)41-36(48)40-27(22(5)6)35(47)49-30(23-14-15-23)24-16-17-24/h11,21-28,30-31H,2,10,12-20H2,1,3-9H3,(H,38,45)(H,39,44)(H2,40,41,48)/t25?,26?,27-,28-,31+/m0/s1. The fraction of sp³-hybridized carbons (Fsp3) is 0.784. The Morgan fingerprint density at radius 1 is 0.918 bits per heavy atom. The topological polar surface area (TPSA) is 163 Å². The number of amides is 5. The number of hydrogen-bond donors (Lipinski definition) is 4. The van der Waals surface area contributed by atoms with E-state index in [4.69, 9.17) is 4.74 Å². The van der Waals surface area contributed by atoms with Gasteiger partial charge < -0.3 is 30.9 Å². The number of ether oxygens (including phenoxy) is 1. The second-order valence-electron chi connectivity index (χ2n) is 16.0. The van der Waals surface area contributed by atoms with Crippen LogP contribution in [0.2, 0.25) is 0 Å². The number of unbranched alkanes of at least 4 members (excludes halogenated alkanes) is 1. The predicted molar refractivity (Wildman–Crippen MR) is 187 cm³/mol. The summed E-state index contributed by atoms with van der Waals surface area (Å²) < 4.78 is 5.95. The van der Waals surface area contributed by atoms with E-state index in [1.54, 1.807) is 0 Å². The number of nitrogens with one attached hydrogen (secondary N) is 4. The minimum atomic E-state index is -1.04. The zero-order valence-corrected chi connectivity index (χ0v) is 30.9. The van der Waals surface area contributed by atoms with Crippen LogP contribution < -0.4 is 21.3 Å². The number of Topliss-reactive ketones (excluding diaryl/α,β-unsaturated/α-hetero) is 1. The van der Waals surface area contributed by atoms with Crippen molar-refractivity contribution in [2.24, 2.45) is 35.0 Å². The molecule has 0 aromatic rings. The average Bonchev–Trinajstić information content (AvgIpc) is 3.98. The average molecular weight is 688 g/mol. The Hall–Kier alpha value is -3.44. The van der Waals surface area contributed by atoms with Crippen LogP contribution in [-0.2, 0) is 28.7 Å². The fourth-order valence-corrected chi connectivity index (χ4v) is 6.70. The molecule has 0 aromatic carbocycles. The molecule has 0 spiro atoms. The summed E-state index contributed by atoms with van der Waals surface area (Å²) in [6, 6.07) is -4.56. The van der Waals surface area contributed by atoms with Crippen LogP contribution in [0.3, 0.4) is 0 Å². The van der Waals surface area contributed by atoms with Gasteiger partial charge in [-0.05, 0) is 73.5 Å². The first-order valence-corrected chi connectivity index (χ1v) is 18.3. The summed E-state index contributed by atoms with van der Waals surface area (Å²) in [6.07, 6.45) is 7.79. The molecule has 2 aliphatic carbocycles. The molecule has 1 heterocycles. The van der Waals surface area contributed by atoms with Gasteiger partial charge in [0, 0.05) is 13.1 Å². The van der Waals surface area contributed by atoms with Crippen molar-refractivity contribution in [3.05, 3.63) is 12.7 Å². The van der Waals surface area contributed by atoms with Crippen LogP contribution in [0, 0.1) is 35.0 Å². The van der Waals surface area contributed by atoms with Gasteiger partial charge in [-0.3, -0.25) is 19.2 Å². The number of nitrogens with zero attached hydrogens (tertiary/aromatic N) is 1. The van der Waals surface area contributed by atoms with Gasteiger partial charge in [0.25, 0.3) is 5.91 Å². The van der Waals surface area contributed by atoms with Crippen molar-refractivity contribution in [2.45, 2.75) is 137 Å². The van der Waals surface area contributed by atoms with E-state index < -0.39 is 65.1 Å². The van der Waals surface area contributed by atoms with E-state index in [1.165, 1.54) is 11.0 Å². The summed E-state index contributed by atoms with van der Waals surface area (Å²) in [5.74, 6) is -2.57. The summed E-state index contributed by atoms with van der Waals surface area (Å²) >= 11 is 0. The molecule has 0 radical (unpaired) electrons. The normalized spacial score (nSPS) is 21.2. The van der Waals surface area contributed by atoms with Gasteiger partial charge in [0.05, 0.1) is 6.04 Å². The Balaban J connectivity index is 1.78. The summed E-state index contributed by atoms with van der Waals surface area (Å²) in [6.45, 7) is 19.0. The molecule has 12 nitrogen and oxygen atoms in total. The lowest BCUT2D eigenvalue weighted by molar-refractivity contribution is -0.155. The van der Waals surface area contributed by atoms with Crippen molar-refractivity contribution in [2.75, 3.05) is 13.1 Å². The number of carbonyl (C=O) groups excluding carboxylic acids is 6. The van der Waals surface area contributed by atoms with Gasteiger partial charge in [-0.1, -0.05) is 74.3 Å². The van der Waals surface area contributed by atoms with Gasteiger partial charge in [-0.2, -0.15) is 0 Å². The predicted octanol–water partition coefficient (Wildman–Crippen LogP) is 3.88. The van der Waals surface area contributed by atoms with E-state index in [0.717, 1.165) is 32.1 Å². The van der Waals surface area contributed by atoms with Crippen molar-refractivity contribution >= 4 is 35.5 Å². The zero-order valence-electron chi connectivity index (χ0n) is 30.9. The van der Waals surface area contributed by atoms with Crippen LogP contribution in [0.1, 0.15) is 107 Å².